The smallest absolute Gasteiger partial charge is 0.337 e. The highest BCUT2D eigenvalue weighted by Crippen LogP contribution is 2.16. The van der Waals surface area contributed by atoms with E-state index < -0.39 is 18.2 Å². The highest BCUT2D eigenvalue weighted by Gasteiger charge is 2.25. The molecule has 0 amide bonds. The van der Waals surface area contributed by atoms with Gasteiger partial charge in [-0.15, -0.1) is 0 Å². The van der Waals surface area contributed by atoms with Crippen LogP contribution < -0.4 is 5.32 Å². The van der Waals surface area contributed by atoms with E-state index in [0.29, 0.717) is 0 Å². The van der Waals surface area contributed by atoms with Crippen molar-refractivity contribution in [1.29, 1.82) is 0 Å². The second-order valence-electron chi connectivity index (χ2n) is 2.80. The largest absolute Gasteiger partial charge is 0.478 e. The Morgan fingerprint density at radius 3 is 2.36 bits per heavy atom. The molecule has 0 aromatic carbocycles. The zero-order valence-electron chi connectivity index (χ0n) is 7.31. The van der Waals surface area contributed by atoms with Crippen molar-refractivity contribution in [3.8, 4) is 0 Å². The average molecular weight is 199 g/mol. The van der Waals surface area contributed by atoms with E-state index in [1.807, 2.05) is 0 Å². The van der Waals surface area contributed by atoms with Gasteiger partial charge in [0.15, 0.2) is 6.23 Å². The Kier molecular flexibility index (Phi) is 2.57. The zero-order chi connectivity index (χ0) is 10.9. The van der Waals surface area contributed by atoms with Gasteiger partial charge in [-0.3, -0.25) is 0 Å². The fourth-order valence-corrected chi connectivity index (χ4v) is 1.10. The first kappa shape index (κ1) is 10.3. The third kappa shape index (κ3) is 1.74. The summed E-state index contributed by atoms with van der Waals surface area (Å²) in [4.78, 5) is 21.2. The van der Waals surface area contributed by atoms with Gasteiger partial charge in [-0.1, -0.05) is 0 Å². The van der Waals surface area contributed by atoms with Crippen LogP contribution in [0.15, 0.2) is 22.9 Å². The van der Waals surface area contributed by atoms with Gasteiger partial charge in [0.25, 0.3) is 0 Å². The summed E-state index contributed by atoms with van der Waals surface area (Å²) in [6.45, 7) is 1.45. The fraction of sp³-hybridized carbons (Fsp3) is 0.250. The number of carbonyl (C=O) groups is 2. The fourth-order valence-electron chi connectivity index (χ4n) is 1.10. The molecule has 0 fully saturated rings. The maximum absolute atomic E-state index is 10.6. The first-order valence-electron chi connectivity index (χ1n) is 3.77. The molecule has 6 nitrogen and oxygen atoms in total. The molecular formula is C8H9NO5. The van der Waals surface area contributed by atoms with Gasteiger partial charge in [-0.05, 0) is 13.0 Å². The first-order chi connectivity index (χ1) is 6.43. The molecule has 0 saturated heterocycles. The van der Waals surface area contributed by atoms with Crippen molar-refractivity contribution in [2.75, 3.05) is 0 Å². The summed E-state index contributed by atoms with van der Waals surface area (Å²) in [5.74, 6) is -2.59. The van der Waals surface area contributed by atoms with E-state index >= 15 is 0 Å². The van der Waals surface area contributed by atoms with E-state index in [0.717, 1.165) is 6.08 Å². The van der Waals surface area contributed by atoms with E-state index in [-0.39, 0.29) is 16.8 Å². The van der Waals surface area contributed by atoms with Crippen LogP contribution in [-0.4, -0.2) is 33.5 Å². The molecule has 0 bridgehead atoms. The van der Waals surface area contributed by atoms with Crippen molar-refractivity contribution >= 4 is 11.9 Å². The molecule has 1 unspecified atom stereocenters. The van der Waals surface area contributed by atoms with Gasteiger partial charge in [-0.25, -0.2) is 9.59 Å². The molecule has 1 aliphatic rings. The van der Waals surface area contributed by atoms with Crippen molar-refractivity contribution < 1.29 is 24.9 Å². The molecule has 14 heavy (non-hydrogen) atoms. The predicted octanol–water partition coefficient (Wildman–Crippen LogP) is -0.722. The van der Waals surface area contributed by atoms with Gasteiger partial charge >= 0.3 is 11.9 Å². The van der Waals surface area contributed by atoms with Crippen molar-refractivity contribution in [3.63, 3.8) is 0 Å². The predicted molar refractivity (Wildman–Crippen MR) is 45.2 cm³/mol. The number of aliphatic carboxylic acids is 2. The Morgan fingerprint density at radius 1 is 1.36 bits per heavy atom. The Labute approximate surface area is 79.2 Å². The number of carboxylic acids is 2. The summed E-state index contributed by atoms with van der Waals surface area (Å²) in [5, 5.41) is 28.9. The second kappa shape index (κ2) is 3.51. The summed E-state index contributed by atoms with van der Waals surface area (Å²) in [7, 11) is 0. The zero-order valence-corrected chi connectivity index (χ0v) is 7.31. The lowest BCUT2D eigenvalue weighted by atomic mass is 10.0. The van der Waals surface area contributed by atoms with E-state index in [1.54, 1.807) is 0 Å². The molecule has 6 heteroatoms. The summed E-state index contributed by atoms with van der Waals surface area (Å²) >= 11 is 0. The Balaban J connectivity index is 3.14. The number of dihydropyridines is 1. The number of allylic oxidation sites excluding steroid dienone is 1. The van der Waals surface area contributed by atoms with E-state index in [2.05, 4.69) is 5.32 Å². The third-order valence-electron chi connectivity index (χ3n) is 1.83. The maximum atomic E-state index is 10.6. The highest BCUT2D eigenvalue weighted by atomic mass is 16.4. The molecule has 0 aromatic heterocycles. The van der Waals surface area contributed by atoms with Gasteiger partial charge < -0.3 is 20.6 Å². The normalized spacial score (nSPS) is 21.3. The van der Waals surface area contributed by atoms with E-state index in [9.17, 15) is 14.7 Å². The SMILES string of the molecule is CC1=C(C(=O)O)C=C(C(=O)O)C(O)N1. The number of hydrogen-bond acceptors (Lipinski definition) is 4. The minimum Gasteiger partial charge on any atom is -0.478 e. The van der Waals surface area contributed by atoms with Gasteiger partial charge in [0, 0.05) is 5.70 Å². The molecule has 0 aromatic rings. The lowest BCUT2D eigenvalue weighted by Gasteiger charge is -2.21. The van der Waals surface area contributed by atoms with Crippen molar-refractivity contribution in [1.82, 2.24) is 5.32 Å². The average Bonchev–Trinajstić information content (AvgIpc) is 2.02. The van der Waals surface area contributed by atoms with E-state index in [4.69, 9.17) is 10.2 Å². The van der Waals surface area contributed by atoms with Crippen LogP contribution >= 0.6 is 0 Å². The van der Waals surface area contributed by atoms with Gasteiger partial charge in [-0.2, -0.15) is 0 Å². The molecule has 1 aliphatic heterocycles. The Bertz CT molecular complexity index is 355. The standard InChI is InChI=1S/C8H9NO5/c1-3-4(7(11)12)2-5(8(13)14)6(10)9-3/h2,6,9-10H,1H3,(H,11,12)(H,13,14). The quantitative estimate of drug-likeness (QED) is 0.467. The minimum atomic E-state index is -1.37. The Morgan fingerprint density at radius 2 is 1.93 bits per heavy atom. The molecule has 4 N–H and O–H groups in total. The molecule has 1 heterocycles. The van der Waals surface area contributed by atoms with Crippen molar-refractivity contribution in [2.45, 2.75) is 13.2 Å². The van der Waals surface area contributed by atoms with Crippen LogP contribution in [0.3, 0.4) is 0 Å². The maximum Gasteiger partial charge on any atom is 0.337 e. The number of rotatable bonds is 2. The lowest BCUT2D eigenvalue weighted by Crippen LogP contribution is -2.36. The van der Waals surface area contributed by atoms with E-state index in [1.165, 1.54) is 6.92 Å². The highest BCUT2D eigenvalue weighted by molar-refractivity contribution is 5.96. The Hall–Kier alpha value is -1.82. The van der Waals surface area contributed by atoms with Crippen molar-refractivity contribution in [3.05, 3.63) is 22.9 Å². The molecule has 1 rings (SSSR count). The van der Waals surface area contributed by atoms with Crippen LogP contribution in [0, 0.1) is 0 Å². The number of aliphatic hydroxyl groups excluding tert-OH is 1. The van der Waals surface area contributed by atoms with Crippen LogP contribution in [-0.2, 0) is 9.59 Å². The minimum absolute atomic E-state index is 0.160. The first-order valence-corrected chi connectivity index (χ1v) is 3.77. The van der Waals surface area contributed by atoms with Crippen LogP contribution in [0.5, 0.6) is 0 Å². The van der Waals surface area contributed by atoms with Crippen LogP contribution in [0.2, 0.25) is 0 Å². The second-order valence-corrected chi connectivity index (χ2v) is 2.80. The number of aliphatic hydroxyl groups is 1. The van der Waals surface area contributed by atoms with Gasteiger partial charge in [0.05, 0.1) is 11.1 Å². The molecule has 76 valence electrons. The number of nitrogens with one attached hydrogen (secondary N) is 1. The van der Waals surface area contributed by atoms with Crippen molar-refractivity contribution in [2.24, 2.45) is 0 Å². The number of carboxylic acid groups (broad SMARTS) is 2. The van der Waals surface area contributed by atoms with Crippen LogP contribution in [0.4, 0.5) is 0 Å². The molecule has 0 spiro atoms. The monoisotopic (exact) mass is 199 g/mol. The van der Waals surface area contributed by atoms with Crippen LogP contribution in [0.25, 0.3) is 0 Å². The summed E-state index contributed by atoms with van der Waals surface area (Å²) in [5.41, 5.74) is -0.310. The summed E-state index contributed by atoms with van der Waals surface area (Å²) in [6, 6.07) is 0. The lowest BCUT2D eigenvalue weighted by molar-refractivity contribution is -0.133. The van der Waals surface area contributed by atoms with Gasteiger partial charge in [0.1, 0.15) is 0 Å². The third-order valence-corrected chi connectivity index (χ3v) is 1.83. The van der Waals surface area contributed by atoms with Crippen LogP contribution in [0.1, 0.15) is 6.92 Å². The molecule has 1 atom stereocenters. The molecule has 0 radical (unpaired) electrons. The summed E-state index contributed by atoms with van der Waals surface area (Å²) in [6.07, 6.45) is -0.420. The molecule has 0 aliphatic carbocycles. The topological polar surface area (TPSA) is 107 Å². The summed E-state index contributed by atoms with van der Waals surface area (Å²) < 4.78 is 0. The molecular weight excluding hydrogens is 190 g/mol. The number of hydrogen-bond donors (Lipinski definition) is 4. The molecule has 0 saturated carbocycles. The van der Waals surface area contributed by atoms with Gasteiger partial charge in [0.2, 0.25) is 0 Å².